The Balaban J connectivity index is 1.32. The predicted octanol–water partition coefficient (Wildman–Crippen LogP) is 3.10. The average Bonchev–Trinajstić information content (AvgIpc) is 3.23. The molecule has 0 bridgehead atoms. The summed E-state index contributed by atoms with van der Waals surface area (Å²) in [5.74, 6) is 1.15. The van der Waals surface area contributed by atoms with Gasteiger partial charge in [0.25, 0.3) is 0 Å². The number of anilines is 2. The summed E-state index contributed by atoms with van der Waals surface area (Å²) in [7, 11) is 0. The normalized spacial score (nSPS) is 18.7. The molecule has 1 aliphatic carbocycles. The molecule has 4 aromatic rings. The molecule has 9 heteroatoms. The molecule has 1 aromatic carbocycles. The molecule has 0 unspecified atom stereocenters. The number of hydrogen-bond acceptors (Lipinski definition) is 8. The van der Waals surface area contributed by atoms with Crippen molar-refractivity contribution in [3.05, 3.63) is 54.4 Å². The highest BCUT2D eigenvalue weighted by Crippen LogP contribution is 2.25. The van der Waals surface area contributed by atoms with Gasteiger partial charge in [-0.05, 0) is 37.3 Å². The zero-order chi connectivity index (χ0) is 21.0. The molecule has 158 valence electrons. The lowest BCUT2D eigenvalue weighted by atomic mass is 9.92. The van der Waals surface area contributed by atoms with Gasteiger partial charge >= 0.3 is 0 Å². The fourth-order valence-corrected chi connectivity index (χ4v) is 3.87. The minimum Gasteiger partial charge on any atom is -0.351 e. The maximum Gasteiger partial charge on any atom is 0.224 e. The van der Waals surface area contributed by atoms with Gasteiger partial charge in [-0.25, -0.2) is 15.0 Å². The second-order valence-electron chi connectivity index (χ2n) is 7.89. The first-order valence-electron chi connectivity index (χ1n) is 10.6. The van der Waals surface area contributed by atoms with Gasteiger partial charge in [0.05, 0.1) is 16.8 Å². The maximum absolute atomic E-state index is 5.99. The van der Waals surface area contributed by atoms with Crippen LogP contribution in [0.15, 0.2) is 48.8 Å². The van der Waals surface area contributed by atoms with Crippen LogP contribution in [-0.4, -0.2) is 42.2 Å². The number of aromatic nitrogens is 6. The van der Waals surface area contributed by atoms with Crippen molar-refractivity contribution >= 4 is 22.9 Å². The molecule has 31 heavy (non-hydrogen) atoms. The lowest BCUT2D eigenvalue weighted by Gasteiger charge is -2.26. The molecule has 0 aliphatic heterocycles. The first-order chi connectivity index (χ1) is 15.2. The van der Waals surface area contributed by atoms with Crippen LogP contribution in [0.5, 0.6) is 0 Å². The molecule has 1 saturated carbocycles. The van der Waals surface area contributed by atoms with E-state index in [4.69, 9.17) is 5.73 Å². The first-order valence-corrected chi connectivity index (χ1v) is 10.6. The quantitative estimate of drug-likeness (QED) is 0.378. The molecule has 0 amide bonds. The Hall–Kier alpha value is -3.59. The Bertz CT molecular complexity index is 1150. The third-order valence-corrected chi connectivity index (χ3v) is 5.62. The van der Waals surface area contributed by atoms with Crippen molar-refractivity contribution in [3.63, 3.8) is 0 Å². The number of nitrogens with one attached hydrogen (secondary N) is 3. The van der Waals surface area contributed by atoms with Crippen LogP contribution in [0.25, 0.3) is 22.4 Å². The Kier molecular flexibility index (Phi) is 5.40. The van der Waals surface area contributed by atoms with E-state index in [1.165, 1.54) is 0 Å². The number of H-pyrrole nitrogens is 1. The lowest BCUT2D eigenvalue weighted by Crippen LogP contribution is -2.33. The summed E-state index contributed by atoms with van der Waals surface area (Å²) in [6.07, 6.45) is 7.65. The molecular weight excluding hydrogens is 390 g/mol. The van der Waals surface area contributed by atoms with Crippen molar-refractivity contribution in [1.29, 1.82) is 0 Å². The fourth-order valence-electron chi connectivity index (χ4n) is 3.87. The van der Waals surface area contributed by atoms with E-state index in [0.717, 1.165) is 48.0 Å². The van der Waals surface area contributed by atoms with Crippen LogP contribution in [0.3, 0.4) is 0 Å². The molecular formula is C22H25N9. The third kappa shape index (κ3) is 4.46. The van der Waals surface area contributed by atoms with Gasteiger partial charge in [0.2, 0.25) is 11.9 Å². The Labute approximate surface area is 179 Å². The van der Waals surface area contributed by atoms with Crippen molar-refractivity contribution in [1.82, 2.24) is 30.1 Å². The number of benzene rings is 1. The zero-order valence-electron chi connectivity index (χ0n) is 17.1. The van der Waals surface area contributed by atoms with Crippen LogP contribution < -0.4 is 16.4 Å². The Morgan fingerprint density at radius 1 is 0.968 bits per heavy atom. The van der Waals surface area contributed by atoms with Crippen molar-refractivity contribution in [3.8, 4) is 11.4 Å². The molecule has 3 aromatic heterocycles. The predicted molar refractivity (Wildman–Crippen MR) is 120 cm³/mol. The summed E-state index contributed by atoms with van der Waals surface area (Å²) in [6.45, 7) is 0.651. The van der Waals surface area contributed by atoms with Crippen molar-refractivity contribution in [2.24, 2.45) is 5.73 Å². The van der Waals surface area contributed by atoms with E-state index in [-0.39, 0.29) is 0 Å². The van der Waals surface area contributed by atoms with E-state index in [1.807, 2.05) is 24.3 Å². The molecule has 9 nitrogen and oxygen atoms in total. The van der Waals surface area contributed by atoms with Gasteiger partial charge in [-0.3, -0.25) is 5.10 Å². The molecule has 0 atom stereocenters. The van der Waals surface area contributed by atoms with Gasteiger partial charge in [0.15, 0.2) is 5.65 Å². The Morgan fingerprint density at radius 3 is 2.65 bits per heavy atom. The van der Waals surface area contributed by atoms with E-state index in [2.05, 4.69) is 52.9 Å². The van der Waals surface area contributed by atoms with E-state index in [0.29, 0.717) is 36.2 Å². The molecule has 5 rings (SSSR count). The van der Waals surface area contributed by atoms with Crippen molar-refractivity contribution < 1.29 is 0 Å². The summed E-state index contributed by atoms with van der Waals surface area (Å²) in [4.78, 5) is 18.0. The highest BCUT2D eigenvalue weighted by Gasteiger charge is 2.20. The van der Waals surface area contributed by atoms with E-state index in [9.17, 15) is 0 Å². The first kappa shape index (κ1) is 19.4. The minimum atomic E-state index is 0.315. The molecule has 5 N–H and O–H groups in total. The van der Waals surface area contributed by atoms with E-state index >= 15 is 0 Å². The van der Waals surface area contributed by atoms with Gasteiger partial charge in [0.1, 0.15) is 0 Å². The number of aromatic amines is 1. The van der Waals surface area contributed by atoms with Crippen LogP contribution in [-0.2, 0) is 6.54 Å². The van der Waals surface area contributed by atoms with Gasteiger partial charge in [-0.2, -0.15) is 10.1 Å². The maximum atomic E-state index is 5.99. The Morgan fingerprint density at radius 2 is 1.81 bits per heavy atom. The van der Waals surface area contributed by atoms with Gasteiger partial charge in [-0.15, -0.1) is 0 Å². The fraction of sp³-hybridized carbons (Fsp3) is 0.318. The molecule has 0 spiro atoms. The second kappa shape index (κ2) is 8.65. The smallest absolute Gasteiger partial charge is 0.224 e. The average molecular weight is 416 g/mol. The summed E-state index contributed by atoms with van der Waals surface area (Å²) in [6, 6.07) is 12.7. The molecule has 0 saturated heterocycles. The van der Waals surface area contributed by atoms with E-state index < -0.39 is 0 Å². The van der Waals surface area contributed by atoms with Crippen LogP contribution in [0, 0.1) is 0 Å². The number of nitrogens with two attached hydrogens (primary N) is 1. The topological polar surface area (TPSA) is 130 Å². The molecule has 0 radical (unpaired) electrons. The van der Waals surface area contributed by atoms with Gasteiger partial charge in [0, 0.05) is 31.0 Å². The zero-order valence-corrected chi connectivity index (χ0v) is 17.1. The second-order valence-corrected chi connectivity index (χ2v) is 7.89. The molecule has 1 aliphatic rings. The molecule has 3 heterocycles. The van der Waals surface area contributed by atoms with Crippen LogP contribution in [0.4, 0.5) is 11.9 Å². The summed E-state index contributed by atoms with van der Waals surface area (Å²) in [5.41, 5.74) is 9.27. The van der Waals surface area contributed by atoms with Crippen LogP contribution >= 0.6 is 0 Å². The highest BCUT2D eigenvalue weighted by molar-refractivity contribution is 5.89. The largest absolute Gasteiger partial charge is 0.351 e. The monoisotopic (exact) mass is 415 g/mol. The number of fused-ring (bicyclic) bond motifs is 1. The standard InChI is InChI=1S/C22H25N9/c23-15-6-8-16(9-7-15)27-22-26-13-17-19(30-31-20(17)29-22)18-10-11-24-21(28-18)25-12-14-4-2-1-3-5-14/h1-5,10-11,13,15-16H,6-9,12,23H2,(H,24,25,28)(H2,26,27,29,30,31). The number of hydrogen-bond donors (Lipinski definition) is 4. The number of rotatable bonds is 6. The SMILES string of the molecule is NC1CCC(Nc2ncc3c(-c4ccnc(NCc5ccccc5)n4)[nH]nc3n2)CC1. The third-order valence-electron chi connectivity index (χ3n) is 5.62. The van der Waals surface area contributed by atoms with Gasteiger partial charge in [-0.1, -0.05) is 30.3 Å². The summed E-state index contributed by atoms with van der Waals surface area (Å²) >= 11 is 0. The van der Waals surface area contributed by atoms with Gasteiger partial charge < -0.3 is 16.4 Å². The van der Waals surface area contributed by atoms with Crippen molar-refractivity contribution in [2.45, 2.75) is 44.3 Å². The highest BCUT2D eigenvalue weighted by atomic mass is 15.2. The van der Waals surface area contributed by atoms with Crippen LogP contribution in [0.2, 0.25) is 0 Å². The number of nitrogens with zero attached hydrogens (tertiary/aromatic N) is 5. The lowest BCUT2D eigenvalue weighted by molar-refractivity contribution is 0.410. The summed E-state index contributed by atoms with van der Waals surface area (Å²) in [5, 5.41) is 14.9. The summed E-state index contributed by atoms with van der Waals surface area (Å²) < 4.78 is 0. The van der Waals surface area contributed by atoms with Crippen LogP contribution in [0.1, 0.15) is 31.2 Å². The van der Waals surface area contributed by atoms with Crippen molar-refractivity contribution in [2.75, 3.05) is 10.6 Å². The molecule has 1 fully saturated rings. The minimum absolute atomic E-state index is 0.315. The van der Waals surface area contributed by atoms with E-state index in [1.54, 1.807) is 12.4 Å².